The number of ether oxygens (including phenoxy) is 1. The van der Waals surface area contributed by atoms with Gasteiger partial charge in [-0.2, -0.15) is 4.98 Å². The topological polar surface area (TPSA) is 103 Å². The maximum absolute atomic E-state index is 13.0. The third-order valence-corrected chi connectivity index (χ3v) is 7.17. The van der Waals surface area contributed by atoms with E-state index in [2.05, 4.69) is 22.2 Å². The van der Waals surface area contributed by atoms with Gasteiger partial charge in [0.1, 0.15) is 11.4 Å². The average molecular weight is 495 g/mol. The van der Waals surface area contributed by atoms with Gasteiger partial charge in [0.15, 0.2) is 5.82 Å². The quantitative estimate of drug-likeness (QED) is 0.496. The Hall–Kier alpha value is -3.33. The van der Waals surface area contributed by atoms with Crippen LogP contribution in [0.5, 0.6) is 5.75 Å². The predicted octanol–water partition coefficient (Wildman–Crippen LogP) is 4.41. The average Bonchev–Trinajstić information content (AvgIpc) is 2.88. The molecule has 1 aromatic heterocycles. The van der Waals surface area contributed by atoms with Crippen molar-refractivity contribution in [2.75, 3.05) is 29.3 Å². The molecule has 2 aliphatic rings. The van der Waals surface area contributed by atoms with Gasteiger partial charge in [-0.05, 0) is 38.8 Å². The fourth-order valence-electron chi connectivity index (χ4n) is 5.17. The van der Waals surface area contributed by atoms with Crippen LogP contribution in [-0.2, 0) is 4.79 Å². The van der Waals surface area contributed by atoms with Crippen molar-refractivity contribution in [3.8, 4) is 5.75 Å². The number of nitrogens with one attached hydrogen (secondary N) is 2. The van der Waals surface area contributed by atoms with Crippen LogP contribution in [0.15, 0.2) is 31.0 Å². The number of hydrogen-bond acceptors (Lipinski definition) is 8. The molecular weight excluding hydrogens is 456 g/mol. The van der Waals surface area contributed by atoms with Gasteiger partial charge in [0.25, 0.3) is 5.91 Å². The molecule has 2 heterocycles. The number of carbonyl (C=O) groups excluding carboxylic acids is 1. The summed E-state index contributed by atoms with van der Waals surface area (Å²) in [6, 6.07) is 6.16. The minimum absolute atomic E-state index is 0.161. The molecule has 2 aromatic rings. The van der Waals surface area contributed by atoms with Gasteiger partial charge in [0.05, 0.1) is 19.0 Å². The van der Waals surface area contributed by atoms with E-state index in [4.69, 9.17) is 9.72 Å². The first-order valence-corrected chi connectivity index (χ1v) is 12.8. The van der Waals surface area contributed by atoms with E-state index in [1.165, 1.54) is 37.0 Å². The number of benzene rings is 1. The summed E-state index contributed by atoms with van der Waals surface area (Å²) in [5.41, 5.74) is 1.43. The molecule has 3 N–H and O–H groups in total. The Kier molecular flexibility index (Phi) is 7.40. The summed E-state index contributed by atoms with van der Waals surface area (Å²) in [7, 11) is 3.25. The molecule has 1 fully saturated rings. The van der Waals surface area contributed by atoms with E-state index >= 15 is 0 Å². The number of rotatable bonds is 8. The van der Waals surface area contributed by atoms with E-state index in [9.17, 15) is 9.90 Å². The van der Waals surface area contributed by atoms with Crippen LogP contribution in [0.4, 0.5) is 23.1 Å². The van der Waals surface area contributed by atoms with Gasteiger partial charge in [-0.25, -0.2) is 4.98 Å². The van der Waals surface area contributed by atoms with Crippen molar-refractivity contribution in [1.29, 1.82) is 0 Å². The third kappa shape index (κ3) is 4.72. The van der Waals surface area contributed by atoms with Gasteiger partial charge in [-0.3, -0.25) is 4.79 Å². The van der Waals surface area contributed by atoms with Crippen molar-refractivity contribution in [3.05, 3.63) is 36.5 Å². The van der Waals surface area contributed by atoms with Gasteiger partial charge < -0.3 is 30.3 Å². The van der Waals surface area contributed by atoms with E-state index in [1.54, 1.807) is 32.2 Å². The van der Waals surface area contributed by atoms with Crippen LogP contribution in [0.1, 0.15) is 64.9 Å². The first kappa shape index (κ1) is 25.8. The molecule has 9 heteroatoms. The largest absolute Gasteiger partial charge is 0.495 e. The normalized spacial score (nSPS) is 20.4. The molecule has 1 saturated carbocycles. The highest BCUT2D eigenvalue weighted by Crippen LogP contribution is 2.41. The zero-order chi connectivity index (χ0) is 26.0. The zero-order valence-corrected chi connectivity index (χ0v) is 22.0. The Balaban J connectivity index is 1.60. The number of methoxy groups -OCH3 is 1. The van der Waals surface area contributed by atoms with Gasteiger partial charge in [-0.15, -0.1) is 0 Å². The molecule has 1 aromatic carbocycles. The lowest BCUT2D eigenvalue weighted by Crippen LogP contribution is -2.65. The van der Waals surface area contributed by atoms with E-state index < -0.39 is 11.6 Å². The Bertz CT molecular complexity index is 1130. The molecule has 4 rings (SSSR count). The van der Waals surface area contributed by atoms with Crippen LogP contribution in [0.2, 0.25) is 0 Å². The lowest BCUT2D eigenvalue weighted by atomic mass is 9.95. The minimum Gasteiger partial charge on any atom is -0.495 e. The number of likely N-dealkylation sites (N-methyl/N-ethyl adjacent to an activating group) is 1. The van der Waals surface area contributed by atoms with Crippen LogP contribution in [0, 0.1) is 0 Å². The van der Waals surface area contributed by atoms with Crippen molar-refractivity contribution >= 4 is 34.7 Å². The molecule has 0 bridgehead atoms. The smallest absolute Gasteiger partial charge is 0.280 e. The van der Waals surface area contributed by atoms with Crippen LogP contribution < -0.4 is 25.2 Å². The second-order valence-electron chi connectivity index (χ2n) is 9.90. The maximum Gasteiger partial charge on any atom is 0.280 e. The van der Waals surface area contributed by atoms with Crippen molar-refractivity contribution in [2.45, 2.75) is 77.1 Å². The van der Waals surface area contributed by atoms with E-state index in [1.807, 2.05) is 32.0 Å². The Morgan fingerprint density at radius 1 is 1.31 bits per heavy atom. The molecule has 0 spiro atoms. The van der Waals surface area contributed by atoms with Crippen LogP contribution >= 0.6 is 0 Å². The lowest BCUT2D eigenvalue weighted by molar-refractivity contribution is -0.138. The number of nitrogens with zero attached hydrogens (tertiary/aromatic N) is 4. The van der Waals surface area contributed by atoms with Crippen LogP contribution in [-0.4, -0.2) is 52.9 Å². The number of carbonyl (C=O) groups is 1. The maximum atomic E-state index is 13.0. The summed E-state index contributed by atoms with van der Waals surface area (Å²) >= 11 is 0. The SMILES string of the molecule is C=C(NC1CCCCC1)c1ccc(Nc2ncc3c(n2)N(C(C)C)C(O)(CC)C(=O)N3C)c(OC)c1. The predicted molar refractivity (Wildman–Crippen MR) is 144 cm³/mol. The van der Waals surface area contributed by atoms with Gasteiger partial charge >= 0.3 is 0 Å². The number of hydrogen-bond donors (Lipinski definition) is 3. The summed E-state index contributed by atoms with van der Waals surface area (Å²) < 4.78 is 5.66. The number of amides is 1. The standard InChI is InChI=1S/C27H38N6O3/c1-7-27(35)25(34)32(5)22-16-28-26(31-24(22)33(27)17(2)3)30-21-14-13-19(15-23(21)36-6)18(4)29-20-11-9-8-10-12-20/h13-17,20,29,35H,4,7-12H2,1-3,5-6H3,(H,28,30,31). The highest BCUT2D eigenvalue weighted by Gasteiger charge is 2.50. The Morgan fingerprint density at radius 2 is 2.03 bits per heavy atom. The molecule has 1 aliphatic heterocycles. The molecule has 0 saturated heterocycles. The summed E-state index contributed by atoms with van der Waals surface area (Å²) in [5, 5.41) is 18.1. The summed E-state index contributed by atoms with van der Waals surface area (Å²) in [4.78, 5) is 25.2. The monoisotopic (exact) mass is 494 g/mol. The molecule has 1 unspecified atom stereocenters. The second-order valence-corrected chi connectivity index (χ2v) is 9.90. The van der Waals surface area contributed by atoms with Crippen LogP contribution in [0.25, 0.3) is 5.70 Å². The first-order chi connectivity index (χ1) is 17.2. The van der Waals surface area contributed by atoms with E-state index in [0.29, 0.717) is 34.9 Å². The van der Waals surface area contributed by atoms with E-state index in [-0.39, 0.29) is 12.5 Å². The fraction of sp³-hybridized carbons (Fsp3) is 0.519. The second kappa shape index (κ2) is 10.3. The molecule has 194 valence electrons. The van der Waals surface area contributed by atoms with Crippen molar-refractivity contribution in [1.82, 2.24) is 15.3 Å². The molecule has 36 heavy (non-hydrogen) atoms. The fourth-order valence-corrected chi connectivity index (χ4v) is 5.17. The molecule has 9 nitrogen and oxygen atoms in total. The summed E-state index contributed by atoms with van der Waals surface area (Å²) in [6.07, 6.45) is 8.00. The Morgan fingerprint density at radius 3 is 2.67 bits per heavy atom. The number of aromatic nitrogens is 2. The molecule has 1 atom stereocenters. The number of anilines is 4. The van der Waals surface area contributed by atoms with Gasteiger partial charge in [0, 0.05) is 36.8 Å². The van der Waals surface area contributed by atoms with Crippen molar-refractivity contribution in [3.63, 3.8) is 0 Å². The van der Waals surface area contributed by atoms with Gasteiger partial charge in [0.2, 0.25) is 11.7 Å². The van der Waals surface area contributed by atoms with E-state index in [0.717, 1.165) is 11.3 Å². The highest BCUT2D eigenvalue weighted by molar-refractivity contribution is 6.06. The Labute approximate surface area is 213 Å². The van der Waals surface area contributed by atoms with Crippen molar-refractivity contribution in [2.24, 2.45) is 0 Å². The molecular formula is C27H38N6O3. The zero-order valence-electron chi connectivity index (χ0n) is 22.0. The molecule has 1 amide bonds. The minimum atomic E-state index is -1.67. The molecule has 1 aliphatic carbocycles. The third-order valence-electron chi connectivity index (χ3n) is 7.17. The molecule has 0 radical (unpaired) electrons. The summed E-state index contributed by atoms with van der Waals surface area (Å²) in [5.74, 6) is 1.08. The lowest BCUT2D eigenvalue weighted by Gasteiger charge is -2.47. The number of fused-ring (bicyclic) bond motifs is 1. The number of aliphatic hydroxyl groups is 1. The highest BCUT2D eigenvalue weighted by atomic mass is 16.5. The van der Waals surface area contributed by atoms with Crippen LogP contribution in [0.3, 0.4) is 0 Å². The van der Waals surface area contributed by atoms with Crippen molar-refractivity contribution < 1.29 is 14.6 Å². The first-order valence-electron chi connectivity index (χ1n) is 12.8. The summed E-state index contributed by atoms with van der Waals surface area (Å²) in [6.45, 7) is 9.88. The van der Waals surface area contributed by atoms with Gasteiger partial charge in [-0.1, -0.05) is 38.8 Å².